The molecule has 0 radical (unpaired) electrons. The van der Waals surface area contributed by atoms with E-state index in [2.05, 4.69) is 6.92 Å². The third kappa shape index (κ3) is 4.35. The number of imide groups is 1. The molecule has 2 aromatic rings. The average Bonchev–Trinajstić information content (AvgIpc) is 2.91. The number of carbonyl (C=O) groups excluding carboxylic acids is 2. The molecule has 4 nitrogen and oxygen atoms in total. The normalized spacial score (nSPS) is 13.2. The first-order valence-corrected chi connectivity index (χ1v) is 9.53. The highest BCUT2D eigenvalue weighted by Crippen LogP contribution is 2.30. The quantitative estimate of drug-likeness (QED) is 0.441. The lowest BCUT2D eigenvalue weighted by atomic mass is 10.1. The number of amides is 2. The van der Waals surface area contributed by atoms with E-state index in [-0.39, 0.29) is 11.1 Å². The zero-order valence-electron chi connectivity index (χ0n) is 15.5. The highest BCUT2D eigenvalue weighted by molar-refractivity contribution is 6.34. The van der Waals surface area contributed by atoms with Crippen molar-refractivity contribution in [3.8, 4) is 5.75 Å². The Morgan fingerprint density at radius 2 is 1.63 bits per heavy atom. The molecule has 0 N–H and O–H groups in total. The molecule has 0 aromatic heterocycles. The maximum atomic E-state index is 13.4. The highest BCUT2D eigenvalue weighted by Gasteiger charge is 2.37. The van der Waals surface area contributed by atoms with Crippen LogP contribution in [0.15, 0.2) is 42.5 Å². The molecule has 1 heterocycles. The lowest BCUT2D eigenvalue weighted by Gasteiger charge is -2.15. The minimum atomic E-state index is -0.534. The summed E-state index contributed by atoms with van der Waals surface area (Å²) in [6.07, 6.45) is 7.07. The van der Waals surface area contributed by atoms with E-state index in [0.29, 0.717) is 18.0 Å². The summed E-state index contributed by atoms with van der Waals surface area (Å²) in [5, 5.41) is 0. The van der Waals surface area contributed by atoms with Crippen molar-refractivity contribution in [1.82, 2.24) is 0 Å². The van der Waals surface area contributed by atoms with Crippen LogP contribution in [0.3, 0.4) is 0 Å². The number of unbranched alkanes of at least 4 members (excludes halogenated alkanes) is 5. The lowest BCUT2D eigenvalue weighted by Crippen LogP contribution is -2.29. The predicted octanol–water partition coefficient (Wildman–Crippen LogP) is 5.37. The van der Waals surface area contributed by atoms with Crippen molar-refractivity contribution in [3.05, 3.63) is 59.4 Å². The topological polar surface area (TPSA) is 46.6 Å². The fourth-order valence-corrected chi connectivity index (χ4v) is 3.23. The van der Waals surface area contributed by atoms with E-state index in [9.17, 15) is 14.0 Å². The van der Waals surface area contributed by atoms with E-state index in [0.717, 1.165) is 23.8 Å². The number of anilines is 1. The largest absolute Gasteiger partial charge is 0.494 e. The second kappa shape index (κ2) is 8.80. The van der Waals surface area contributed by atoms with Gasteiger partial charge in [0.15, 0.2) is 0 Å². The first kappa shape index (κ1) is 19.1. The molecule has 0 fully saturated rings. The molecule has 0 atom stereocenters. The van der Waals surface area contributed by atoms with E-state index in [4.69, 9.17) is 4.74 Å². The molecule has 0 spiro atoms. The van der Waals surface area contributed by atoms with Crippen LogP contribution >= 0.6 is 0 Å². The Morgan fingerprint density at radius 3 is 2.44 bits per heavy atom. The third-order valence-corrected chi connectivity index (χ3v) is 4.69. The fourth-order valence-electron chi connectivity index (χ4n) is 3.23. The second-order valence-corrected chi connectivity index (χ2v) is 6.75. The van der Waals surface area contributed by atoms with Crippen molar-refractivity contribution in [3.63, 3.8) is 0 Å². The standard InChI is InChI=1S/C22H24FNO3/c1-2-3-4-5-6-7-13-27-18-10-8-9-17(15-18)24-21(25)19-12-11-16(23)14-20(19)22(24)26/h8-12,14-15H,2-7,13H2,1H3. The molecular formula is C22H24FNO3. The zero-order chi connectivity index (χ0) is 19.2. The summed E-state index contributed by atoms with van der Waals surface area (Å²) < 4.78 is 19.2. The number of hydrogen-bond donors (Lipinski definition) is 0. The third-order valence-electron chi connectivity index (χ3n) is 4.69. The summed E-state index contributed by atoms with van der Waals surface area (Å²) in [5.41, 5.74) is 0.750. The molecule has 1 aliphatic rings. The van der Waals surface area contributed by atoms with Gasteiger partial charge in [-0.25, -0.2) is 9.29 Å². The molecule has 2 amide bonds. The van der Waals surface area contributed by atoms with Crippen molar-refractivity contribution in [2.75, 3.05) is 11.5 Å². The van der Waals surface area contributed by atoms with Crippen LogP contribution in [0, 0.1) is 5.82 Å². The van der Waals surface area contributed by atoms with Crippen molar-refractivity contribution < 1.29 is 18.7 Å². The van der Waals surface area contributed by atoms with Gasteiger partial charge in [0, 0.05) is 6.07 Å². The van der Waals surface area contributed by atoms with Crippen LogP contribution in [-0.4, -0.2) is 18.4 Å². The molecule has 0 saturated heterocycles. The summed E-state index contributed by atoms with van der Waals surface area (Å²) >= 11 is 0. The summed E-state index contributed by atoms with van der Waals surface area (Å²) in [4.78, 5) is 26.2. The molecule has 27 heavy (non-hydrogen) atoms. The first-order valence-electron chi connectivity index (χ1n) is 9.53. The molecule has 142 valence electrons. The van der Waals surface area contributed by atoms with Gasteiger partial charge in [-0.15, -0.1) is 0 Å². The molecule has 1 aliphatic heterocycles. The molecule has 5 heteroatoms. The van der Waals surface area contributed by atoms with Gasteiger partial charge in [0.1, 0.15) is 11.6 Å². The van der Waals surface area contributed by atoms with Crippen molar-refractivity contribution >= 4 is 17.5 Å². The Kier molecular flexibility index (Phi) is 6.22. The molecule has 0 aliphatic carbocycles. The van der Waals surface area contributed by atoms with E-state index >= 15 is 0 Å². The van der Waals surface area contributed by atoms with Crippen LogP contribution in [0.4, 0.5) is 10.1 Å². The van der Waals surface area contributed by atoms with Crippen LogP contribution in [0.5, 0.6) is 5.75 Å². The minimum Gasteiger partial charge on any atom is -0.494 e. The number of benzene rings is 2. The average molecular weight is 369 g/mol. The summed E-state index contributed by atoms with van der Waals surface area (Å²) in [7, 11) is 0. The maximum Gasteiger partial charge on any atom is 0.266 e. The first-order chi connectivity index (χ1) is 13.1. The Hall–Kier alpha value is -2.69. The van der Waals surface area contributed by atoms with Crippen LogP contribution in [-0.2, 0) is 0 Å². The molecular weight excluding hydrogens is 345 g/mol. The van der Waals surface area contributed by atoms with Gasteiger partial charge < -0.3 is 4.74 Å². The molecule has 3 rings (SSSR count). The van der Waals surface area contributed by atoms with Crippen molar-refractivity contribution in [1.29, 1.82) is 0 Å². The summed E-state index contributed by atoms with van der Waals surface area (Å²) in [6.45, 7) is 2.80. The van der Waals surface area contributed by atoms with Gasteiger partial charge in [0.2, 0.25) is 0 Å². The monoisotopic (exact) mass is 369 g/mol. The molecule has 0 bridgehead atoms. The van der Waals surface area contributed by atoms with E-state index in [1.54, 1.807) is 24.3 Å². The predicted molar refractivity (Wildman–Crippen MR) is 103 cm³/mol. The number of carbonyl (C=O) groups is 2. The van der Waals surface area contributed by atoms with Crippen molar-refractivity contribution in [2.45, 2.75) is 45.4 Å². The van der Waals surface area contributed by atoms with Gasteiger partial charge in [-0.3, -0.25) is 9.59 Å². The number of rotatable bonds is 9. The number of ether oxygens (including phenoxy) is 1. The van der Waals surface area contributed by atoms with Crippen LogP contribution in [0.2, 0.25) is 0 Å². The minimum absolute atomic E-state index is 0.0957. The number of fused-ring (bicyclic) bond motifs is 1. The molecule has 0 saturated carbocycles. The zero-order valence-corrected chi connectivity index (χ0v) is 15.5. The Morgan fingerprint density at radius 1 is 0.889 bits per heavy atom. The molecule has 2 aromatic carbocycles. The van der Waals surface area contributed by atoms with Crippen molar-refractivity contribution in [2.24, 2.45) is 0 Å². The van der Waals surface area contributed by atoms with E-state index in [1.165, 1.54) is 37.8 Å². The van der Waals surface area contributed by atoms with Gasteiger partial charge >= 0.3 is 0 Å². The SMILES string of the molecule is CCCCCCCCOc1cccc(N2C(=O)c3ccc(F)cc3C2=O)c1. The smallest absolute Gasteiger partial charge is 0.266 e. The van der Waals surface area contributed by atoms with Crippen LogP contribution < -0.4 is 9.64 Å². The number of nitrogens with zero attached hydrogens (tertiary/aromatic N) is 1. The van der Waals surface area contributed by atoms with E-state index in [1.807, 2.05) is 0 Å². The van der Waals surface area contributed by atoms with Crippen LogP contribution in [0.1, 0.15) is 66.2 Å². The maximum absolute atomic E-state index is 13.4. The Bertz CT molecular complexity index is 834. The Labute approximate surface area is 158 Å². The molecule has 0 unspecified atom stereocenters. The second-order valence-electron chi connectivity index (χ2n) is 6.75. The van der Waals surface area contributed by atoms with Gasteiger partial charge in [0.05, 0.1) is 23.4 Å². The van der Waals surface area contributed by atoms with Gasteiger partial charge in [-0.1, -0.05) is 45.1 Å². The fraction of sp³-hybridized carbons (Fsp3) is 0.364. The highest BCUT2D eigenvalue weighted by atomic mass is 19.1. The van der Waals surface area contributed by atoms with Crippen LogP contribution in [0.25, 0.3) is 0 Å². The summed E-state index contributed by atoms with van der Waals surface area (Å²) in [5.74, 6) is -0.873. The Balaban J connectivity index is 1.63. The lowest BCUT2D eigenvalue weighted by molar-refractivity contribution is 0.0926. The van der Waals surface area contributed by atoms with E-state index < -0.39 is 17.6 Å². The number of hydrogen-bond acceptors (Lipinski definition) is 3. The van der Waals surface area contributed by atoms with Gasteiger partial charge in [-0.05, 0) is 36.8 Å². The summed E-state index contributed by atoms with van der Waals surface area (Å²) in [6, 6.07) is 10.5. The van der Waals surface area contributed by atoms with Gasteiger partial charge in [-0.2, -0.15) is 0 Å². The van der Waals surface area contributed by atoms with Gasteiger partial charge in [0.25, 0.3) is 11.8 Å². The number of halogens is 1.